The maximum absolute atomic E-state index is 6.14. The monoisotopic (exact) mass is 308 g/mol. The second-order valence-corrected chi connectivity index (χ2v) is 5.31. The van der Waals surface area contributed by atoms with Gasteiger partial charge in [0, 0.05) is 11.8 Å². The van der Waals surface area contributed by atoms with E-state index in [1.165, 1.54) is 0 Å². The second kappa shape index (κ2) is 6.57. The lowest BCUT2D eigenvalue weighted by molar-refractivity contribution is 0.340. The van der Waals surface area contributed by atoms with Crippen LogP contribution in [0.25, 0.3) is 10.9 Å². The molecule has 0 spiro atoms. The fraction of sp³-hybridized carbons (Fsp3) is 0.211. The van der Waals surface area contributed by atoms with Crippen LogP contribution in [0.1, 0.15) is 18.1 Å². The van der Waals surface area contributed by atoms with E-state index in [4.69, 9.17) is 15.2 Å². The van der Waals surface area contributed by atoms with E-state index in [-0.39, 0.29) is 0 Å². The molecule has 0 bridgehead atoms. The van der Waals surface area contributed by atoms with Gasteiger partial charge < -0.3 is 15.2 Å². The molecule has 0 saturated heterocycles. The van der Waals surface area contributed by atoms with E-state index in [2.05, 4.69) is 11.1 Å². The highest BCUT2D eigenvalue weighted by molar-refractivity contribution is 5.83. The Morgan fingerprint density at radius 2 is 1.87 bits per heavy atom. The third-order valence-electron chi connectivity index (χ3n) is 3.78. The van der Waals surface area contributed by atoms with E-state index in [0.29, 0.717) is 18.8 Å². The van der Waals surface area contributed by atoms with E-state index in [0.717, 1.165) is 33.5 Å². The standard InChI is InChI=1S/C19H20N2O2/c1-3-23-16-8-9-17-14(12-16)11-15(19(20)21-17)10-13-6-4-5-7-18(13)22-2/h4-9,11-12H,3,10H2,1-2H3,(H2,20,21). The molecule has 3 aromatic rings. The van der Waals surface area contributed by atoms with Crippen LogP contribution in [-0.4, -0.2) is 18.7 Å². The normalized spacial score (nSPS) is 10.7. The SMILES string of the molecule is CCOc1ccc2nc(N)c(Cc3ccccc3OC)cc2c1. The van der Waals surface area contributed by atoms with Gasteiger partial charge in [-0.15, -0.1) is 0 Å². The first-order valence-corrected chi connectivity index (χ1v) is 7.65. The molecular formula is C19H20N2O2. The molecule has 23 heavy (non-hydrogen) atoms. The lowest BCUT2D eigenvalue weighted by Crippen LogP contribution is -2.01. The van der Waals surface area contributed by atoms with Gasteiger partial charge in [0.2, 0.25) is 0 Å². The van der Waals surface area contributed by atoms with Crippen LogP contribution in [0.5, 0.6) is 11.5 Å². The van der Waals surface area contributed by atoms with Crippen molar-refractivity contribution in [3.05, 3.63) is 59.7 Å². The third-order valence-corrected chi connectivity index (χ3v) is 3.78. The summed E-state index contributed by atoms with van der Waals surface area (Å²) >= 11 is 0. The number of fused-ring (bicyclic) bond motifs is 1. The van der Waals surface area contributed by atoms with Gasteiger partial charge in [0.1, 0.15) is 17.3 Å². The number of rotatable bonds is 5. The van der Waals surface area contributed by atoms with Gasteiger partial charge >= 0.3 is 0 Å². The zero-order valence-electron chi connectivity index (χ0n) is 13.4. The highest BCUT2D eigenvalue weighted by atomic mass is 16.5. The van der Waals surface area contributed by atoms with E-state index >= 15 is 0 Å². The Morgan fingerprint density at radius 3 is 2.65 bits per heavy atom. The van der Waals surface area contributed by atoms with Crippen molar-refractivity contribution in [2.75, 3.05) is 19.5 Å². The van der Waals surface area contributed by atoms with Crippen LogP contribution in [0, 0.1) is 0 Å². The Hall–Kier alpha value is -2.75. The number of hydrogen-bond acceptors (Lipinski definition) is 4. The molecule has 0 aliphatic rings. The second-order valence-electron chi connectivity index (χ2n) is 5.31. The molecule has 0 radical (unpaired) electrons. The van der Waals surface area contributed by atoms with Gasteiger partial charge in [0.25, 0.3) is 0 Å². The molecule has 1 aromatic heterocycles. The smallest absolute Gasteiger partial charge is 0.127 e. The lowest BCUT2D eigenvalue weighted by atomic mass is 10.0. The van der Waals surface area contributed by atoms with Crippen molar-refractivity contribution in [2.24, 2.45) is 0 Å². The van der Waals surface area contributed by atoms with Crippen molar-refractivity contribution in [1.29, 1.82) is 0 Å². The molecule has 1 heterocycles. The number of nitrogen functional groups attached to an aromatic ring is 1. The van der Waals surface area contributed by atoms with Gasteiger partial charge in [-0.25, -0.2) is 4.98 Å². The molecule has 0 saturated carbocycles. The molecule has 4 heteroatoms. The van der Waals surface area contributed by atoms with Gasteiger partial charge in [0.05, 0.1) is 19.2 Å². The number of benzene rings is 2. The largest absolute Gasteiger partial charge is 0.496 e. The molecule has 0 aliphatic heterocycles. The van der Waals surface area contributed by atoms with Crippen molar-refractivity contribution in [2.45, 2.75) is 13.3 Å². The molecule has 0 aliphatic carbocycles. The summed E-state index contributed by atoms with van der Waals surface area (Å²) in [6.07, 6.45) is 0.678. The molecule has 0 unspecified atom stereocenters. The summed E-state index contributed by atoms with van der Waals surface area (Å²) < 4.78 is 11.0. The van der Waals surface area contributed by atoms with Gasteiger partial charge in [-0.2, -0.15) is 0 Å². The number of pyridine rings is 1. The summed E-state index contributed by atoms with van der Waals surface area (Å²) in [5.41, 5.74) is 9.08. The zero-order chi connectivity index (χ0) is 16.2. The predicted octanol–water partition coefficient (Wildman–Crippen LogP) is 3.82. The van der Waals surface area contributed by atoms with Crippen molar-refractivity contribution < 1.29 is 9.47 Å². The Bertz CT molecular complexity index is 831. The molecular weight excluding hydrogens is 288 g/mol. The predicted molar refractivity (Wildman–Crippen MR) is 93.1 cm³/mol. The number of anilines is 1. The van der Waals surface area contributed by atoms with E-state index in [1.807, 2.05) is 49.4 Å². The lowest BCUT2D eigenvalue weighted by Gasteiger charge is -2.11. The molecule has 2 aromatic carbocycles. The van der Waals surface area contributed by atoms with Crippen LogP contribution in [0.3, 0.4) is 0 Å². The quantitative estimate of drug-likeness (QED) is 0.778. The molecule has 3 rings (SSSR count). The number of methoxy groups -OCH3 is 1. The topological polar surface area (TPSA) is 57.4 Å². The number of nitrogens with zero attached hydrogens (tertiary/aromatic N) is 1. The molecule has 4 nitrogen and oxygen atoms in total. The van der Waals surface area contributed by atoms with E-state index in [1.54, 1.807) is 7.11 Å². The van der Waals surface area contributed by atoms with E-state index in [9.17, 15) is 0 Å². The minimum absolute atomic E-state index is 0.549. The number of ether oxygens (including phenoxy) is 2. The molecule has 0 atom stereocenters. The molecule has 2 N–H and O–H groups in total. The summed E-state index contributed by atoms with van der Waals surface area (Å²) in [7, 11) is 1.68. The molecule has 0 amide bonds. The van der Waals surface area contributed by atoms with Crippen LogP contribution in [0.2, 0.25) is 0 Å². The van der Waals surface area contributed by atoms with E-state index < -0.39 is 0 Å². The minimum Gasteiger partial charge on any atom is -0.496 e. The van der Waals surface area contributed by atoms with Crippen molar-refractivity contribution in [1.82, 2.24) is 4.98 Å². The first-order valence-electron chi connectivity index (χ1n) is 7.65. The van der Waals surface area contributed by atoms with Crippen molar-refractivity contribution >= 4 is 16.7 Å². The minimum atomic E-state index is 0.549. The number of aromatic nitrogens is 1. The highest BCUT2D eigenvalue weighted by Gasteiger charge is 2.09. The van der Waals surface area contributed by atoms with Crippen LogP contribution in [0.4, 0.5) is 5.82 Å². The van der Waals surface area contributed by atoms with Crippen LogP contribution in [-0.2, 0) is 6.42 Å². The van der Waals surface area contributed by atoms with Crippen LogP contribution in [0.15, 0.2) is 48.5 Å². The van der Waals surface area contributed by atoms with Gasteiger partial charge in [0.15, 0.2) is 0 Å². The Labute approximate surface area is 135 Å². The Kier molecular flexibility index (Phi) is 4.33. The first-order chi connectivity index (χ1) is 11.2. The molecule has 118 valence electrons. The summed E-state index contributed by atoms with van der Waals surface area (Å²) in [6.45, 7) is 2.61. The van der Waals surface area contributed by atoms with Gasteiger partial charge in [-0.1, -0.05) is 18.2 Å². The average Bonchev–Trinajstić information content (AvgIpc) is 2.56. The summed E-state index contributed by atoms with van der Waals surface area (Å²) in [4.78, 5) is 4.51. The van der Waals surface area contributed by atoms with Crippen molar-refractivity contribution in [3.8, 4) is 11.5 Å². The Balaban J connectivity index is 2.01. The summed E-state index contributed by atoms with van der Waals surface area (Å²) in [6, 6.07) is 15.9. The molecule has 0 fully saturated rings. The third kappa shape index (κ3) is 3.21. The Morgan fingerprint density at radius 1 is 1.04 bits per heavy atom. The van der Waals surface area contributed by atoms with Gasteiger partial charge in [-0.3, -0.25) is 0 Å². The summed E-state index contributed by atoms with van der Waals surface area (Å²) in [5.74, 6) is 2.25. The summed E-state index contributed by atoms with van der Waals surface area (Å²) in [5, 5.41) is 1.02. The number of hydrogen-bond donors (Lipinski definition) is 1. The van der Waals surface area contributed by atoms with Gasteiger partial charge in [-0.05, 0) is 48.4 Å². The maximum Gasteiger partial charge on any atom is 0.127 e. The first kappa shape index (κ1) is 15.2. The maximum atomic E-state index is 6.14. The van der Waals surface area contributed by atoms with Crippen molar-refractivity contribution in [3.63, 3.8) is 0 Å². The highest BCUT2D eigenvalue weighted by Crippen LogP contribution is 2.27. The fourth-order valence-corrected chi connectivity index (χ4v) is 2.67. The number of para-hydroxylation sites is 1. The fourth-order valence-electron chi connectivity index (χ4n) is 2.67. The van der Waals surface area contributed by atoms with Crippen LogP contribution >= 0.6 is 0 Å². The van der Waals surface area contributed by atoms with Crippen LogP contribution < -0.4 is 15.2 Å². The average molecular weight is 308 g/mol. The zero-order valence-corrected chi connectivity index (χ0v) is 13.4. The number of nitrogens with two attached hydrogens (primary N) is 1.